The second kappa shape index (κ2) is 4.72. The first-order valence-corrected chi connectivity index (χ1v) is 10.2. The summed E-state index contributed by atoms with van der Waals surface area (Å²) in [6.07, 6.45) is -0.887. The molecule has 2 aromatic carbocycles. The van der Waals surface area contributed by atoms with Gasteiger partial charge in [0.2, 0.25) is 0 Å². The van der Waals surface area contributed by atoms with Gasteiger partial charge in [-0.3, -0.25) is 5.32 Å². The third-order valence-electron chi connectivity index (χ3n) is 2.96. The van der Waals surface area contributed by atoms with Crippen LogP contribution in [0.2, 0.25) is 0 Å². The van der Waals surface area contributed by atoms with Crippen LogP contribution in [0.3, 0.4) is 0 Å². The molecule has 22 heavy (non-hydrogen) atoms. The summed E-state index contributed by atoms with van der Waals surface area (Å²) in [6.45, 7) is 0. The van der Waals surface area contributed by atoms with Crippen LogP contribution >= 0.6 is 21.4 Å². The molecule has 1 N–H and O–H groups in total. The predicted octanol–water partition coefficient (Wildman–Crippen LogP) is 2.62. The van der Waals surface area contributed by atoms with E-state index in [1.165, 1.54) is 0 Å². The Labute approximate surface area is 133 Å². The normalized spacial score (nSPS) is 14.5. The lowest BCUT2D eigenvalue weighted by atomic mass is 10.1. The zero-order valence-corrected chi connectivity index (χ0v) is 13.5. The Balaban J connectivity index is 2.47. The van der Waals surface area contributed by atoms with Crippen molar-refractivity contribution in [1.82, 2.24) is 0 Å². The standard InChI is InChI=1S/C11H5Cl2NO6S2/c12-21(16,17)6-1-5-2-7(22(13,18)19)4-9-10(5)8(3-6)14-11(15)20-9/h1-4H,(H,14,15). The first-order valence-electron chi connectivity index (χ1n) is 5.56. The predicted molar refractivity (Wildman–Crippen MR) is 79.7 cm³/mol. The maximum Gasteiger partial charge on any atom is 0.417 e. The van der Waals surface area contributed by atoms with Crippen molar-refractivity contribution in [2.24, 2.45) is 0 Å². The molecule has 116 valence electrons. The molecule has 0 saturated carbocycles. The smallest absolute Gasteiger partial charge is 0.409 e. The summed E-state index contributed by atoms with van der Waals surface area (Å²) in [4.78, 5) is 10.9. The Morgan fingerprint density at radius 1 is 0.909 bits per heavy atom. The van der Waals surface area contributed by atoms with Crippen LogP contribution in [0.5, 0.6) is 5.75 Å². The summed E-state index contributed by atoms with van der Waals surface area (Å²) in [7, 11) is 2.39. The minimum absolute atomic E-state index is 0.0472. The van der Waals surface area contributed by atoms with E-state index in [2.05, 4.69) is 5.32 Å². The number of nitrogens with one attached hydrogen (secondary N) is 1. The molecule has 1 amide bonds. The monoisotopic (exact) mass is 381 g/mol. The molecule has 2 aromatic rings. The van der Waals surface area contributed by atoms with Gasteiger partial charge in [0.15, 0.2) is 0 Å². The molecule has 0 aromatic heterocycles. The number of benzene rings is 2. The second-order valence-electron chi connectivity index (χ2n) is 4.38. The van der Waals surface area contributed by atoms with Crippen molar-refractivity contribution in [3.05, 3.63) is 24.3 Å². The van der Waals surface area contributed by atoms with Gasteiger partial charge in [-0.2, -0.15) is 0 Å². The third kappa shape index (κ3) is 2.60. The zero-order chi connectivity index (χ0) is 16.3. The van der Waals surface area contributed by atoms with Crippen LogP contribution in [-0.2, 0) is 18.1 Å². The van der Waals surface area contributed by atoms with Gasteiger partial charge < -0.3 is 4.74 Å². The molecular formula is C11H5Cl2NO6S2. The summed E-state index contributed by atoms with van der Waals surface area (Å²) < 4.78 is 50.8. The molecule has 3 rings (SSSR count). The van der Waals surface area contributed by atoms with Gasteiger partial charge in [0.25, 0.3) is 18.1 Å². The maximum absolute atomic E-state index is 11.5. The van der Waals surface area contributed by atoms with Crippen LogP contribution < -0.4 is 10.1 Å². The Kier molecular flexibility index (Phi) is 3.29. The van der Waals surface area contributed by atoms with E-state index >= 15 is 0 Å². The fourth-order valence-corrected chi connectivity index (χ4v) is 3.69. The first kappa shape index (κ1) is 15.3. The van der Waals surface area contributed by atoms with E-state index in [4.69, 9.17) is 26.1 Å². The number of rotatable bonds is 2. The van der Waals surface area contributed by atoms with Gasteiger partial charge >= 0.3 is 6.09 Å². The fourth-order valence-electron chi connectivity index (χ4n) is 2.12. The maximum atomic E-state index is 11.5. The van der Waals surface area contributed by atoms with Crippen molar-refractivity contribution in [3.63, 3.8) is 0 Å². The third-order valence-corrected chi connectivity index (χ3v) is 5.63. The topological polar surface area (TPSA) is 107 Å². The highest BCUT2D eigenvalue weighted by Crippen LogP contribution is 2.40. The van der Waals surface area contributed by atoms with Gasteiger partial charge in [0.05, 0.1) is 15.5 Å². The van der Waals surface area contributed by atoms with E-state index in [1.54, 1.807) is 0 Å². The molecule has 11 heteroatoms. The minimum atomic E-state index is -4.10. The lowest BCUT2D eigenvalue weighted by Gasteiger charge is -2.19. The lowest BCUT2D eigenvalue weighted by molar-refractivity contribution is 0.214. The van der Waals surface area contributed by atoms with Gasteiger partial charge in [-0.05, 0) is 23.6 Å². The van der Waals surface area contributed by atoms with Gasteiger partial charge in [-0.1, -0.05) is 0 Å². The van der Waals surface area contributed by atoms with Crippen molar-refractivity contribution in [3.8, 4) is 5.75 Å². The van der Waals surface area contributed by atoms with Crippen molar-refractivity contribution < 1.29 is 26.4 Å². The molecule has 7 nitrogen and oxygen atoms in total. The second-order valence-corrected chi connectivity index (χ2v) is 9.51. The van der Waals surface area contributed by atoms with Gasteiger partial charge in [0, 0.05) is 32.8 Å². The number of amides is 1. The first-order chi connectivity index (χ1) is 10.1. The van der Waals surface area contributed by atoms with Crippen molar-refractivity contribution in [1.29, 1.82) is 0 Å². The number of anilines is 1. The summed E-state index contributed by atoms with van der Waals surface area (Å²) >= 11 is 0. The Morgan fingerprint density at radius 2 is 1.45 bits per heavy atom. The van der Waals surface area contributed by atoms with E-state index in [-0.39, 0.29) is 26.6 Å². The molecule has 0 radical (unpaired) electrons. The van der Waals surface area contributed by atoms with Crippen LogP contribution in [0.15, 0.2) is 34.1 Å². The number of ether oxygens (including phenoxy) is 1. The number of carbonyl (C=O) groups is 1. The number of carbonyl (C=O) groups excluding carboxylic acids is 1. The summed E-state index contributed by atoms with van der Waals surface area (Å²) in [5, 5.41) is 2.86. The quantitative estimate of drug-likeness (QED) is 0.801. The Hall–Kier alpha value is -1.55. The van der Waals surface area contributed by atoms with Crippen molar-refractivity contribution in [2.75, 3.05) is 5.32 Å². The molecule has 0 bridgehead atoms. The van der Waals surface area contributed by atoms with E-state index in [0.29, 0.717) is 5.39 Å². The highest BCUT2D eigenvalue weighted by atomic mass is 35.7. The fraction of sp³-hybridized carbons (Fsp3) is 0. The van der Waals surface area contributed by atoms with Crippen LogP contribution in [0.1, 0.15) is 0 Å². The van der Waals surface area contributed by atoms with Crippen LogP contribution in [0, 0.1) is 0 Å². The summed E-state index contributed by atoms with van der Waals surface area (Å²) in [5.41, 5.74) is 0.140. The molecule has 0 aliphatic carbocycles. The van der Waals surface area contributed by atoms with E-state index in [9.17, 15) is 21.6 Å². The average Bonchev–Trinajstić information content (AvgIpc) is 2.35. The SMILES string of the molecule is O=C1Nc2cc(S(=O)(=O)Cl)cc3cc(S(=O)(=O)Cl)cc(c23)O1. The molecule has 1 aliphatic heterocycles. The number of hydrogen-bond acceptors (Lipinski definition) is 6. The van der Waals surface area contributed by atoms with E-state index in [0.717, 1.165) is 24.3 Å². The van der Waals surface area contributed by atoms with Crippen LogP contribution in [0.25, 0.3) is 10.8 Å². The highest BCUT2D eigenvalue weighted by Gasteiger charge is 2.25. The minimum Gasteiger partial charge on any atom is -0.409 e. The Morgan fingerprint density at radius 3 is 2.00 bits per heavy atom. The van der Waals surface area contributed by atoms with Crippen LogP contribution in [-0.4, -0.2) is 22.9 Å². The van der Waals surface area contributed by atoms with Gasteiger partial charge in [-0.15, -0.1) is 0 Å². The lowest BCUT2D eigenvalue weighted by Crippen LogP contribution is -2.21. The molecule has 1 heterocycles. The number of halogens is 2. The van der Waals surface area contributed by atoms with Crippen molar-refractivity contribution in [2.45, 2.75) is 9.79 Å². The Bertz CT molecular complexity index is 967. The van der Waals surface area contributed by atoms with Gasteiger partial charge in [0.1, 0.15) is 5.75 Å². The molecule has 1 aliphatic rings. The molecule has 0 unspecified atom stereocenters. The van der Waals surface area contributed by atoms with Crippen LogP contribution in [0.4, 0.5) is 10.5 Å². The van der Waals surface area contributed by atoms with Crippen molar-refractivity contribution >= 4 is 62.0 Å². The molecule has 0 atom stereocenters. The van der Waals surface area contributed by atoms with E-state index in [1.807, 2.05) is 0 Å². The summed E-state index contributed by atoms with van der Waals surface area (Å²) in [5.74, 6) is -0.0472. The van der Waals surface area contributed by atoms with Gasteiger partial charge in [-0.25, -0.2) is 21.6 Å². The average molecular weight is 382 g/mol. The number of hydrogen-bond donors (Lipinski definition) is 1. The molecular weight excluding hydrogens is 377 g/mol. The highest BCUT2D eigenvalue weighted by molar-refractivity contribution is 8.14. The molecule has 0 fully saturated rings. The molecule has 0 spiro atoms. The molecule has 0 saturated heterocycles. The zero-order valence-electron chi connectivity index (χ0n) is 10.3. The van der Waals surface area contributed by atoms with E-state index < -0.39 is 24.2 Å². The summed E-state index contributed by atoms with van der Waals surface area (Å²) in [6, 6.07) is 4.57. The largest absolute Gasteiger partial charge is 0.417 e.